The van der Waals surface area contributed by atoms with Crippen molar-refractivity contribution >= 4 is 11.7 Å². The summed E-state index contributed by atoms with van der Waals surface area (Å²) >= 11 is 0. The van der Waals surface area contributed by atoms with Crippen LogP contribution in [0.15, 0.2) is 84.0 Å². The van der Waals surface area contributed by atoms with Crippen LogP contribution < -0.4 is 5.32 Å². The van der Waals surface area contributed by atoms with Crippen LogP contribution in [0, 0.1) is 0 Å². The maximum absolute atomic E-state index is 13.3. The van der Waals surface area contributed by atoms with E-state index < -0.39 is 23.9 Å². The van der Waals surface area contributed by atoms with Crippen LogP contribution in [0.3, 0.4) is 0 Å². The number of anilines is 1. The summed E-state index contributed by atoms with van der Waals surface area (Å²) in [6.07, 6.45) is 3.16. The van der Waals surface area contributed by atoms with E-state index in [9.17, 15) is 9.90 Å². The second-order valence-electron chi connectivity index (χ2n) is 9.48. The topological polar surface area (TPSA) is 74.3 Å². The molecule has 0 amide bonds. The summed E-state index contributed by atoms with van der Waals surface area (Å²) < 4.78 is 11.9. The third kappa shape index (κ3) is 4.52. The number of rotatable bonds is 8. The molecule has 4 atom stereocenters. The molecule has 7 heteroatoms. The number of ether oxygens (including phenoxy) is 2. The molecule has 3 heterocycles. The molecule has 2 aromatic carbocycles. The van der Waals surface area contributed by atoms with Crippen molar-refractivity contribution in [3.8, 4) is 0 Å². The highest BCUT2D eigenvalue weighted by atomic mass is 16.5. The average Bonchev–Trinajstić information content (AvgIpc) is 3.47. The molecule has 0 saturated carbocycles. The van der Waals surface area contributed by atoms with Crippen LogP contribution in [0.25, 0.3) is 0 Å². The van der Waals surface area contributed by atoms with Gasteiger partial charge in [-0.05, 0) is 37.2 Å². The van der Waals surface area contributed by atoms with Gasteiger partial charge in [0.25, 0.3) is 0 Å². The number of hydrogen-bond acceptors (Lipinski definition) is 7. The Labute approximate surface area is 206 Å². The Bertz CT molecular complexity index is 1050. The highest BCUT2D eigenvalue weighted by Gasteiger charge is 2.58. The number of likely N-dealkylation sites (N-methyl/N-ethyl adjacent to an activating group) is 1. The molecule has 0 aliphatic carbocycles. The molecule has 35 heavy (non-hydrogen) atoms. The quantitative estimate of drug-likeness (QED) is 0.449. The van der Waals surface area contributed by atoms with Gasteiger partial charge in [-0.3, -0.25) is 4.90 Å². The number of benzene rings is 2. The lowest BCUT2D eigenvalue weighted by Crippen LogP contribution is -2.51. The summed E-state index contributed by atoms with van der Waals surface area (Å²) in [7, 11) is 3.46. The van der Waals surface area contributed by atoms with Crippen LogP contribution >= 0.6 is 0 Å². The Morgan fingerprint density at radius 2 is 1.77 bits per heavy atom. The van der Waals surface area contributed by atoms with E-state index in [2.05, 4.69) is 29.4 Å². The average molecular weight is 476 g/mol. The number of carbonyl (C=O) groups is 1. The van der Waals surface area contributed by atoms with E-state index in [-0.39, 0.29) is 6.04 Å². The van der Waals surface area contributed by atoms with Crippen LogP contribution in [0.5, 0.6) is 0 Å². The fraction of sp³-hybridized carbons (Fsp3) is 0.393. The third-order valence-corrected chi connectivity index (χ3v) is 7.29. The molecule has 2 N–H and O–H groups in total. The number of aliphatic hydroxyl groups excluding tert-OH is 1. The van der Waals surface area contributed by atoms with Gasteiger partial charge in [0.15, 0.2) is 0 Å². The number of fused-ring (bicyclic) bond motifs is 2. The van der Waals surface area contributed by atoms with Gasteiger partial charge in [0.2, 0.25) is 0 Å². The first-order chi connectivity index (χ1) is 17.0. The van der Waals surface area contributed by atoms with Crippen LogP contribution in [-0.4, -0.2) is 85.2 Å². The Kier molecular flexibility index (Phi) is 6.75. The number of esters is 1. The zero-order valence-electron chi connectivity index (χ0n) is 20.3. The van der Waals surface area contributed by atoms with Gasteiger partial charge in [-0.15, -0.1) is 0 Å². The molecule has 3 aliphatic heterocycles. The van der Waals surface area contributed by atoms with Gasteiger partial charge < -0.3 is 24.8 Å². The first-order valence-electron chi connectivity index (χ1n) is 12.2. The second kappa shape index (κ2) is 9.95. The van der Waals surface area contributed by atoms with Crippen molar-refractivity contribution < 1.29 is 19.4 Å². The molecule has 3 aliphatic rings. The number of hydrogen-bond donors (Lipinski definition) is 2. The van der Waals surface area contributed by atoms with E-state index in [0.717, 1.165) is 37.4 Å². The van der Waals surface area contributed by atoms with Crippen LogP contribution in [0.1, 0.15) is 5.56 Å². The lowest BCUT2D eigenvalue weighted by Gasteiger charge is -2.38. The first kappa shape index (κ1) is 23.8. The predicted molar refractivity (Wildman–Crippen MR) is 135 cm³/mol. The Hall–Kier alpha value is -2.97. The summed E-state index contributed by atoms with van der Waals surface area (Å²) in [4.78, 5) is 17.6. The number of methoxy groups -OCH3 is 1. The zero-order chi connectivity index (χ0) is 24.4. The van der Waals surface area contributed by atoms with Crippen molar-refractivity contribution in [2.45, 2.75) is 30.4 Å². The molecule has 4 unspecified atom stereocenters. The number of nitrogens with zero attached hydrogens (tertiary/aromatic N) is 2. The molecule has 1 saturated heterocycles. The van der Waals surface area contributed by atoms with E-state index >= 15 is 0 Å². The largest absolute Gasteiger partial charge is 0.466 e. The SMILES string of the molecule is COC(=O)C1=C(C(O)N2CCN(C)CC2)C2C=CC1(C(Cc1ccccc1)Nc1ccccc1)O2. The molecule has 7 nitrogen and oxygen atoms in total. The maximum atomic E-state index is 13.3. The highest BCUT2D eigenvalue weighted by Crippen LogP contribution is 2.48. The van der Waals surface area contributed by atoms with Crippen LogP contribution in [-0.2, 0) is 20.7 Å². The van der Waals surface area contributed by atoms with Crippen molar-refractivity contribution in [2.24, 2.45) is 0 Å². The van der Waals surface area contributed by atoms with Gasteiger partial charge in [0.05, 0.1) is 18.7 Å². The molecule has 0 spiro atoms. The predicted octanol–water partition coefficient (Wildman–Crippen LogP) is 2.45. The summed E-state index contributed by atoms with van der Waals surface area (Å²) in [5.41, 5.74) is 1.99. The smallest absolute Gasteiger partial charge is 0.337 e. The number of piperazine rings is 1. The minimum absolute atomic E-state index is 0.306. The Morgan fingerprint density at radius 3 is 2.43 bits per heavy atom. The molecule has 2 aromatic rings. The van der Waals surface area contributed by atoms with E-state index in [1.165, 1.54) is 7.11 Å². The van der Waals surface area contributed by atoms with Gasteiger partial charge >= 0.3 is 5.97 Å². The normalized spacial score (nSPS) is 26.1. The Morgan fingerprint density at radius 1 is 1.11 bits per heavy atom. The minimum Gasteiger partial charge on any atom is -0.466 e. The third-order valence-electron chi connectivity index (χ3n) is 7.29. The van der Waals surface area contributed by atoms with Gasteiger partial charge in [0.1, 0.15) is 17.9 Å². The number of para-hydroxylation sites is 1. The fourth-order valence-electron chi connectivity index (χ4n) is 5.38. The van der Waals surface area contributed by atoms with Crippen LogP contribution in [0.2, 0.25) is 0 Å². The fourth-order valence-corrected chi connectivity index (χ4v) is 5.38. The van der Waals surface area contributed by atoms with Crippen molar-refractivity contribution in [2.75, 3.05) is 45.7 Å². The monoisotopic (exact) mass is 475 g/mol. The maximum Gasteiger partial charge on any atom is 0.337 e. The lowest BCUT2D eigenvalue weighted by molar-refractivity contribution is -0.138. The van der Waals surface area contributed by atoms with E-state index in [0.29, 0.717) is 17.6 Å². The van der Waals surface area contributed by atoms with Gasteiger partial charge in [0, 0.05) is 37.4 Å². The number of aliphatic hydroxyl groups is 1. The first-order valence-corrected chi connectivity index (χ1v) is 12.2. The van der Waals surface area contributed by atoms with Crippen molar-refractivity contribution in [3.63, 3.8) is 0 Å². The molecule has 0 radical (unpaired) electrons. The molecule has 5 rings (SSSR count). The van der Waals surface area contributed by atoms with E-state index in [1.54, 1.807) is 0 Å². The molecular formula is C28H33N3O4. The zero-order valence-corrected chi connectivity index (χ0v) is 20.3. The summed E-state index contributed by atoms with van der Waals surface area (Å²) in [6, 6.07) is 19.8. The van der Waals surface area contributed by atoms with Crippen molar-refractivity contribution in [3.05, 3.63) is 89.5 Å². The molecule has 2 bridgehead atoms. The summed E-state index contributed by atoms with van der Waals surface area (Å²) in [6.45, 7) is 3.15. The van der Waals surface area contributed by atoms with Gasteiger partial charge in [-0.2, -0.15) is 0 Å². The highest BCUT2D eigenvalue weighted by molar-refractivity contribution is 5.95. The molecule has 0 aromatic heterocycles. The number of nitrogens with one attached hydrogen (secondary N) is 1. The Balaban J connectivity index is 1.55. The lowest BCUT2D eigenvalue weighted by atomic mass is 9.78. The van der Waals surface area contributed by atoms with E-state index in [1.807, 2.05) is 65.6 Å². The van der Waals surface area contributed by atoms with E-state index in [4.69, 9.17) is 9.47 Å². The van der Waals surface area contributed by atoms with Crippen molar-refractivity contribution in [1.82, 2.24) is 9.80 Å². The van der Waals surface area contributed by atoms with Crippen LogP contribution in [0.4, 0.5) is 5.69 Å². The van der Waals surface area contributed by atoms with Gasteiger partial charge in [-0.25, -0.2) is 4.79 Å². The molecular weight excluding hydrogens is 442 g/mol. The summed E-state index contributed by atoms with van der Waals surface area (Å²) in [5.74, 6) is -0.465. The summed E-state index contributed by atoms with van der Waals surface area (Å²) in [5, 5.41) is 15.1. The molecule has 1 fully saturated rings. The standard InChI is InChI=1S/C28H33N3O4/c1-30-15-17-31(18-16-30)26(32)24-22-13-14-28(35-22,25(24)27(33)34-2)23(19-20-9-5-3-6-10-20)29-21-11-7-4-8-12-21/h3-14,22-23,26,29,32H,15-19H2,1-2H3. The van der Waals surface area contributed by atoms with Gasteiger partial charge in [-0.1, -0.05) is 54.6 Å². The van der Waals surface area contributed by atoms with Crippen molar-refractivity contribution in [1.29, 1.82) is 0 Å². The molecule has 184 valence electrons. The second-order valence-corrected chi connectivity index (χ2v) is 9.48. The minimum atomic E-state index is -1.06. The number of carbonyl (C=O) groups excluding carboxylic acids is 1.